The van der Waals surface area contributed by atoms with Crippen molar-refractivity contribution in [2.24, 2.45) is 0 Å². The van der Waals surface area contributed by atoms with Crippen LogP contribution in [0.2, 0.25) is 0 Å². The zero-order valence-electron chi connectivity index (χ0n) is 10.1. The second kappa shape index (κ2) is 5.98. The molecule has 0 fully saturated rings. The van der Waals surface area contributed by atoms with Gasteiger partial charge in [-0.2, -0.15) is 0 Å². The summed E-state index contributed by atoms with van der Waals surface area (Å²) in [6.45, 7) is 0. The molecular weight excluding hydrogens is 334 g/mol. The summed E-state index contributed by atoms with van der Waals surface area (Å²) in [5.41, 5.74) is 1.89. The van der Waals surface area contributed by atoms with Gasteiger partial charge in [0.15, 0.2) is 0 Å². The highest BCUT2D eigenvalue weighted by Crippen LogP contribution is 2.34. The summed E-state index contributed by atoms with van der Waals surface area (Å²) < 4.78 is 11.0. The molecule has 2 rings (SSSR count). The van der Waals surface area contributed by atoms with Crippen molar-refractivity contribution in [1.29, 1.82) is 0 Å². The Morgan fingerprint density at radius 1 is 1.37 bits per heavy atom. The first-order valence-electron chi connectivity index (χ1n) is 5.14. The number of nitrogens with one attached hydrogen (secondary N) is 1. The Morgan fingerprint density at radius 2 is 2.16 bits per heavy atom. The van der Waals surface area contributed by atoms with Crippen LogP contribution in [0.3, 0.4) is 0 Å². The predicted molar refractivity (Wildman–Crippen MR) is 75.1 cm³/mol. The van der Waals surface area contributed by atoms with E-state index >= 15 is 0 Å². The molecule has 1 heterocycles. The van der Waals surface area contributed by atoms with Crippen LogP contribution in [0, 0.1) is 0 Å². The number of nitrogens with zero attached hydrogens (tertiary/aromatic N) is 2. The molecule has 8 heteroatoms. The number of hydrogen-bond acceptors (Lipinski definition) is 6. The van der Waals surface area contributed by atoms with Gasteiger partial charge in [-0.15, -0.1) is 10.2 Å². The van der Waals surface area contributed by atoms with Crippen LogP contribution in [0.15, 0.2) is 22.1 Å². The highest BCUT2D eigenvalue weighted by Gasteiger charge is 2.18. The minimum Gasteiger partial charge on any atom is -0.497 e. The molecule has 0 unspecified atom stereocenters. The molecule has 0 aliphatic rings. The average Bonchev–Trinajstić information content (AvgIpc) is 2.90. The Morgan fingerprint density at radius 3 is 2.74 bits per heavy atom. The average molecular weight is 344 g/mol. The van der Waals surface area contributed by atoms with Crippen molar-refractivity contribution in [3.8, 4) is 11.5 Å². The lowest BCUT2D eigenvalue weighted by Crippen LogP contribution is -2.13. The van der Waals surface area contributed by atoms with Gasteiger partial charge in [-0.25, -0.2) is 0 Å². The maximum absolute atomic E-state index is 12.2. The van der Waals surface area contributed by atoms with Crippen LogP contribution in [-0.2, 0) is 0 Å². The van der Waals surface area contributed by atoms with Gasteiger partial charge in [0, 0.05) is 0 Å². The number of ether oxygens (including phenoxy) is 2. The summed E-state index contributed by atoms with van der Waals surface area (Å²) in [7, 11) is 3.02. The second-order valence-corrected chi connectivity index (χ2v) is 5.08. The van der Waals surface area contributed by atoms with E-state index < -0.39 is 0 Å². The molecule has 0 atom stereocenters. The third-order valence-electron chi connectivity index (χ3n) is 2.28. The lowest BCUT2D eigenvalue weighted by Gasteiger charge is -2.11. The van der Waals surface area contributed by atoms with Crippen LogP contribution in [0.4, 0.5) is 5.13 Å². The molecule has 1 aromatic heterocycles. The number of aromatic nitrogens is 2. The fourth-order valence-corrected chi connectivity index (χ4v) is 2.50. The van der Waals surface area contributed by atoms with Gasteiger partial charge in [0.2, 0.25) is 5.13 Å². The molecule has 0 radical (unpaired) electrons. The molecule has 0 saturated heterocycles. The number of halogens is 1. The lowest BCUT2D eigenvalue weighted by atomic mass is 10.1. The fraction of sp³-hybridized carbons (Fsp3) is 0.182. The van der Waals surface area contributed by atoms with E-state index in [1.165, 1.54) is 31.1 Å². The van der Waals surface area contributed by atoms with E-state index in [1.807, 2.05) is 0 Å². The molecule has 2 aromatic rings. The summed E-state index contributed by atoms with van der Waals surface area (Å²) in [5, 5.41) is 10.5. The Bertz CT molecular complexity index is 589. The van der Waals surface area contributed by atoms with Gasteiger partial charge in [0.05, 0.1) is 24.3 Å². The smallest absolute Gasteiger partial charge is 0.261 e. The van der Waals surface area contributed by atoms with Gasteiger partial charge in [-0.05, 0) is 28.1 Å². The molecule has 100 valence electrons. The third-order valence-corrected chi connectivity index (χ3v) is 3.48. The van der Waals surface area contributed by atoms with E-state index in [9.17, 15) is 4.79 Å². The Labute approximate surface area is 121 Å². The molecule has 1 amide bonds. The van der Waals surface area contributed by atoms with Crippen molar-refractivity contribution < 1.29 is 14.3 Å². The number of hydrogen-bond donors (Lipinski definition) is 1. The molecule has 1 N–H and O–H groups in total. The predicted octanol–water partition coefficient (Wildman–Crippen LogP) is 2.57. The molecule has 1 aromatic carbocycles. The number of carbonyl (C=O) groups is 1. The molecule has 0 aliphatic carbocycles. The lowest BCUT2D eigenvalue weighted by molar-refractivity contribution is 0.102. The molecule has 0 spiro atoms. The summed E-state index contributed by atoms with van der Waals surface area (Å²) in [6, 6.07) is 3.32. The molecule has 0 bridgehead atoms. The molecule has 6 nitrogen and oxygen atoms in total. The molecule has 0 saturated carbocycles. The molecule has 0 aliphatic heterocycles. The highest BCUT2D eigenvalue weighted by atomic mass is 79.9. The van der Waals surface area contributed by atoms with Crippen molar-refractivity contribution >= 4 is 38.3 Å². The van der Waals surface area contributed by atoms with E-state index in [0.717, 1.165) is 0 Å². The van der Waals surface area contributed by atoms with Gasteiger partial charge < -0.3 is 9.47 Å². The van der Waals surface area contributed by atoms with E-state index in [4.69, 9.17) is 9.47 Å². The molecule has 19 heavy (non-hydrogen) atoms. The van der Waals surface area contributed by atoms with Crippen molar-refractivity contribution in [3.05, 3.63) is 27.7 Å². The van der Waals surface area contributed by atoms with E-state index in [2.05, 4.69) is 31.4 Å². The number of amides is 1. The minimum absolute atomic E-state index is 0.340. The van der Waals surface area contributed by atoms with E-state index in [0.29, 0.717) is 26.7 Å². The second-order valence-electron chi connectivity index (χ2n) is 3.39. The first-order valence-corrected chi connectivity index (χ1v) is 6.82. The van der Waals surface area contributed by atoms with Crippen LogP contribution in [0.1, 0.15) is 10.4 Å². The van der Waals surface area contributed by atoms with Gasteiger partial charge in [-0.1, -0.05) is 11.3 Å². The van der Waals surface area contributed by atoms with Crippen molar-refractivity contribution in [1.82, 2.24) is 10.2 Å². The largest absolute Gasteiger partial charge is 0.497 e. The zero-order valence-corrected chi connectivity index (χ0v) is 12.5. The van der Waals surface area contributed by atoms with Crippen LogP contribution in [0.5, 0.6) is 11.5 Å². The normalized spacial score (nSPS) is 10.1. The Hall–Kier alpha value is -1.67. The van der Waals surface area contributed by atoms with Crippen LogP contribution < -0.4 is 14.8 Å². The first kappa shape index (κ1) is 13.8. The maximum Gasteiger partial charge on any atom is 0.261 e. The van der Waals surface area contributed by atoms with Crippen molar-refractivity contribution in [2.75, 3.05) is 19.5 Å². The quantitative estimate of drug-likeness (QED) is 0.923. The summed E-state index contributed by atoms with van der Waals surface area (Å²) in [6.07, 6.45) is 0. The maximum atomic E-state index is 12.2. The Balaban J connectivity index is 2.36. The van der Waals surface area contributed by atoms with Gasteiger partial charge in [0.1, 0.15) is 17.0 Å². The number of methoxy groups -OCH3 is 2. The topological polar surface area (TPSA) is 73.3 Å². The Kier molecular flexibility index (Phi) is 4.33. The van der Waals surface area contributed by atoms with Crippen molar-refractivity contribution in [3.63, 3.8) is 0 Å². The summed E-state index contributed by atoms with van der Waals surface area (Å²) in [4.78, 5) is 12.2. The number of benzene rings is 1. The van der Waals surface area contributed by atoms with Crippen LogP contribution >= 0.6 is 27.3 Å². The summed E-state index contributed by atoms with van der Waals surface area (Å²) in [5.74, 6) is 0.645. The van der Waals surface area contributed by atoms with E-state index in [1.54, 1.807) is 12.1 Å². The summed E-state index contributed by atoms with van der Waals surface area (Å²) >= 11 is 4.57. The monoisotopic (exact) mass is 343 g/mol. The number of carbonyl (C=O) groups excluding carboxylic acids is 1. The number of anilines is 1. The standard InChI is InChI=1S/C11H10BrN3O3S/c1-17-6-3-7(9(18-2)8(12)4-6)10(16)14-11-15-13-5-19-11/h3-5H,1-2H3,(H,14,15,16). The van der Waals surface area contributed by atoms with Crippen molar-refractivity contribution in [2.45, 2.75) is 0 Å². The highest BCUT2D eigenvalue weighted by molar-refractivity contribution is 9.10. The SMILES string of the molecule is COc1cc(Br)c(OC)c(C(=O)Nc2nncs2)c1. The van der Waals surface area contributed by atoms with Gasteiger partial charge in [0.25, 0.3) is 5.91 Å². The first-order chi connectivity index (χ1) is 9.15. The van der Waals surface area contributed by atoms with E-state index in [-0.39, 0.29) is 5.91 Å². The minimum atomic E-state index is -0.340. The zero-order chi connectivity index (χ0) is 13.8. The van der Waals surface area contributed by atoms with Crippen LogP contribution in [-0.4, -0.2) is 30.3 Å². The van der Waals surface area contributed by atoms with Gasteiger partial charge in [-0.3, -0.25) is 10.1 Å². The third kappa shape index (κ3) is 3.02. The van der Waals surface area contributed by atoms with Crippen LogP contribution in [0.25, 0.3) is 0 Å². The number of rotatable bonds is 4. The molecular formula is C11H10BrN3O3S. The van der Waals surface area contributed by atoms with Gasteiger partial charge >= 0.3 is 0 Å². The fourth-order valence-electron chi connectivity index (χ4n) is 1.45.